The number of benzene rings is 2. The Hall–Kier alpha value is -3.66. The molecule has 0 saturated heterocycles. The molecule has 0 unspecified atom stereocenters. The molecule has 0 aliphatic rings. The molecule has 0 aromatic heterocycles. The second-order valence-corrected chi connectivity index (χ2v) is 5.64. The van der Waals surface area contributed by atoms with Gasteiger partial charge in [0.1, 0.15) is 6.42 Å². The number of nitrogens with zero attached hydrogens (tertiary/aromatic N) is 1. The second kappa shape index (κ2) is 9.73. The van der Waals surface area contributed by atoms with Gasteiger partial charge in [0.05, 0.1) is 11.6 Å². The highest BCUT2D eigenvalue weighted by atomic mass is 16.5. The Labute approximate surface area is 156 Å². The zero-order valence-electron chi connectivity index (χ0n) is 14.8. The van der Waals surface area contributed by atoms with Gasteiger partial charge >= 0.3 is 5.97 Å². The summed E-state index contributed by atoms with van der Waals surface area (Å²) in [4.78, 5) is 35.2. The highest BCUT2D eigenvalue weighted by molar-refractivity contribution is 5.96. The maximum atomic E-state index is 12.0. The summed E-state index contributed by atoms with van der Waals surface area (Å²) in [6.07, 6.45) is 0.659. The largest absolute Gasteiger partial charge is 0.452 e. The molecule has 0 heterocycles. The predicted molar refractivity (Wildman–Crippen MR) is 100 cm³/mol. The van der Waals surface area contributed by atoms with Crippen LogP contribution in [0.2, 0.25) is 0 Å². The van der Waals surface area contributed by atoms with Gasteiger partial charge < -0.3 is 15.4 Å². The zero-order chi connectivity index (χ0) is 19.6. The smallest absolute Gasteiger partial charge is 0.338 e. The lowest BCUT2D eigenvalue weighted by Crippen LogP contribution is -2.21. The first-order valence-electron chi connectivity index (χ1n) is 8.34. The molecule has 7 nitrogen and oxygen atoms in total. The van der Waals surface area contributed by atoms with Crippen LogP contribution in [-0.2, 0) is 20.7 Å². The maximum Gasteiger partial charge on any atom is 0.338 e. The molecule has 0 atom stereocenters. The van der Waals surface area contributed by atoms with E-state index in [0.29, 0.717) is 11.4 Å². The highest BCUT2D eigenvalue weighted by Crippen LogP contribution is 2.12. The molecule has 7 heteroatoms. The first kappa shape index (κ1) is 19.7. The topological polar surface area (TPSA) is 108 Å². The van der Waals surface area contributed by atoms with E-state index in [1.165, 1.54) is 24.3 Å². The van der Waals surface area contributed by atoms with Crippen molar-refractivity contribution in [3.05, 3.63) is 59.7 Å². The van der Waals surface area contributed by atoms with Crippen molar-refractivity contribution in [3.8, 4) is 6.07 Å². The number of nitriles is 1. The second-order valence-electron chi connectivity index (χ2n) is 5.64. The minimum atomic E-state index is -0.651. The highest BCUT2D eigenvalue weighted by Gasteiger charge is 2.11. The monoisotopic (exact) mass is 365 g/mol. The Morgan fingerprint density at radius 3 is 2.04 bits per heavy atom. The first-order chi connectivity index (χ1) is 13.0. The predicted octanol–water partition coefficient (Wildman–Crippen LogP) is 2.90. The van der Waals surface area contributed by atoms with Crippen molar-refractivity contribution < 1.29 is 19.1 Å². The molecule has 0 radical (unpaired) electrons. The van der Waals surface area contributed by atoms with E-state index >= 15 is 0 Å². The number of aryl methyl sites for hydroxylation is 1. The number of carbonyl (C=O) groups excluding carboxylic acids is 3. The molecule has 27 heavy (non-hydrogen) atoms. The van der Waals surface area contributed by atoms with Crippen molar-refractivity contribution in [3.63, 3.8) is 0 Å². The average molecular weight is 365 g/mol. The number of rotatable bonds is 7. The van der Waals surface area contributed by atoms with Crippen LogP contribution in [0.15, 0.2) is 48.5 Å². The summed E-state index contributed by atoms with van der Waals surface area (Å²) in [6, 6.07) is 15.1. The van der Waals surface area contributed by atoms with Crippen LogP contribution in [0.1, 0.15) is 29.3 Å². The maximum absolute atomic E-state index is 12.0. The number of nitrogens with one attached hydrogen (secondary N) is 2. The van der Waals surface area contributed by atoms with Crippen LogP contribution in [0.5, 0.6) is 0 Å². The molecular weight excluding hydrogens is 346 g/mol. The van der Waals surface area contributed by atoms with Crippen LogP contribution < -0.4 is 10.6 Å². The molecule has 0 bridgehead atoms. The summed E-state index contributed by atoms with van der Waals surface area (Å²) in [6.45, 7) is 1.63. The third-order valence-electron chi connectivity index (χ3n) is 3.62. The van der Waals surface area contributed by atoms with Crippen molar-refractivity contribution >= 4 is 29.2 Å². The van der Waals surface area contributed by atoms with Gasteiger partial charge in [-0.1, -0.05) is 19.1 Å². The fourth-order valence-corrected chi connectivity index (χ4v) is 2.20. The van der Waals surface area contributed by atoms with Crippen LogP contribution in [0.3, 0.4) is 0 Å². The summed E-state index contributed by atoms with van der Waals surface area (Å²) in [7, 11) is 0. The molecule has 2 aromatic rings. The third kappa shape index (κ3) is 6.29. The Morgan fingerprint density at radius 2 is 1.48 bits per heavy atom. The van der Waals surface area contributed by atoms with E-state index < -0.39 is 24.4 Å². The first-order valence-corrected chi connectivity index (χ1v) is 8.34. The SMILES string of the molecule is CCc1ccc(NC(=O)COC(=O)c2ccc(NC(=O)CC#N)cc2)cc1. The van der Waals surface area contributed by atoms with Gasteiger partial charge in [0, 0.05) is 11.4 Å². The van der Waals surface area contributed by atoms with Crippen LogP contribution in [0.4, 0.5) is 11.4 Å². The lowest BCUT2D eigenvalue weighted by molar-refractivity contribution is -0.119. The third-order valence-corrected chi connectivity index (χ3v) is 3.62. The number of carbonyl (C=O) groups is 3. The lowest BCUT2D eigenvalue weighted by Gasteiger charge is -2.08. The number of hydrogen-bond donors (Lipinski definition) is 2. The minimum absolute atomic E-state index is 0.244. The Balaban J connectivity index is 1.82. The number of esters is 1. The molecule has 138 valence electrons. The van der Waals surface area contributed by atoms with Gasteiger partial charge in [-0.3, -0.25) is 9.59 Å². The van der Waals surface area contributed by atoms with Crippen molar-refractivity contribution in [1.82, 2.24) is 0 Å². The Bertz CT molecular complexity index is 852. The average Bonchev–Trinajstić information content (AvgIpc) is 2.67. The summed E-state index contributed by atoms with van der Waals surface area (Å²) in [5.74, 6) is -1.52. The van der Waals surface area contributed by atoms with E-state index in [9.17, 15) is 14.4 Å². The van der Waals surface area contributed by atoms with Gasteiger partial charge in [0.15, 0.2) is 6.61 Å². The van der Waals surface area contributed by atoms with Gasteiger partial charge in [-0.2, -0.15) is 5.26 Å². The number of ether oxygens (including phenoxy) is 1. The van der Waals surface area contributed by atoms with Crippen molar-refractivity contribution in [1.29, 1.82) is 5.26 Å². The fourth-order valence-electron chi connectivity index (χ4n) is 2.20. The zero-order valence-corrected chi connectivity index (χ0v) is 14.8. The molecule has 2 rings (SSSR count). The Morgan fingerprint density at radius 1 is 0.926 bits per heavy atom. The molecule has 0 aliphatic carbocycles. The summed E-state index contributed by atoms with van der Waals surface area (Å²) >= 11 is 0. The summed E-state index contributed by atoms with van der Waals surface area (Å²) in [5, 5.41) is 13.6. The molecule has 0 spiro atoms. The quantitative estimate of drug-likeness (QED) is 0.734. The van der Waals surface area contributed by atoms with Crippen molar-refractivity contribution in [2.24, 2.45) is 0 Å². The van der Waals surface area contributed by atoms with E-state index in [4.69, 9.17) is 10.00 Å². The van der Waals surface area contributed by atoms with Crippen LogP contribution in [0, 0.1) is 11.3 Å². The lowest BCUT2D eigenvalue weighted by atomic mass is 10.1. The van der Waals surface area contributed by atoms with Gasteiger partial charge in [-0.05, 0) is 48.4 Å². The van der Waals surface area contributed by atoms with Crippen LogP contribution in [-0.4, -0.2) is 24.4 Å². The number of hydrogen-bond acceptors (Lipinski definition) is 5. The minimum Gasteiger partial charge on any atom is -0.452 e. The van der Waals surface area contributed by atoms with Crippen molar-refractivity contribution in [2.45, 2.75) is 19.8 Å². The van der Waals surface area contributed by atoms with E-state index in [1.807, 2.05) is 19.1 Å². The van der Waals surface area contributed by atoms with Gasteiger partial charge in [0.25, 0.3) is 5.91 Å². The standard InChI is InChI=1S/C20H19N3O4/c1-2-14-3-7-16(8-4-14)23-19(25)13-27-20(26)15-5-9-17(10-6-15)22-18(24)11-12-21/h3-10H,2,11,13H2,1H3,(H,22,24)(H,23,25). The molecule has 2 amide bonds. The van der Waals surface area contributed by atoms with Gasteiger partial charge in [-0.25, -0.2) is 4.79 Å². The summed E-state index contributed by atoms with van der Waals surface area (Å²) < 4.78 is 4.99. The van der Waals surface area contributed by atoms with Crippen LogP contribution >= 0.6 is 0 Å². The van der Waals surface area contributed by atoms with E-state index in [2.05, 4.69) is 10.6 Å². The normalized spacial score (nSPS) is 9.78. The number of anilines is 2. The molecule has 2 aromatic carbocycles. The van der Waals surface area contributed by atoms with E-state index in [0.717, 1.165) is 12.0 Å². The Kier molecular flexibility index (Phi) is 7.08. The van der Waals surface area contributed by atoms with Crippen molar-refractivity contribution in [2.75, 3.05) is 17.2 Å². The van der Waals surface area contributed by atoms with E-state index in [1.54, 1.807) is 18.2 Å². The van der Waals surface area contributed by atoms with Crippen LogP contribution in [0.25, 0.3) is 0 Å². The number of amides is 2. The molecule has 2 N–H and O–H groups in total. The molecule has 0 fully saturated rings. The molecular formula is C20H19N3O4. The van der Waals surface area contributed by atoms with Gasteiger partial charge in [0.2, 0.25) is 5.91 Å². The molecule has 0 saturated carbocycles. The van der Waals surface area contributed by atoms with Gasteiger partial charge in [-0.15, -0.1) is 0 Å². The summed E-state index contributed by atoms with van der Waals surface area (Å²) in [5.41, 5.74) is 2.49. The molecule has 0 aliphatic heterocycles. The van der Waals surface area contributed by atoms with E-state index in [-0.39, 0.29) is 12.0 Å². The fraction of sp³-hybridized carbons (Fsp3) is 0.200.